The lowest BCUT2D eigenvalue weighted by Gasteiger charge is -2.15. The summed E-state index contributed by atoms with van der Waals surface area (Å²) in [6, 6.07) is 15.3. The van der Waals surface area contributed by atoms with E-state index in [0.717, 1.165) is 26.1 Å². The van der Waals surface area contributed by atoms with Gasteiger partial charge in [0, 0.05) is 13.1 Å². The molecule has 0 unspecified atom stereocenters. The van der Waals surface area contributed by atoms with Crippen LogP contribution in [0.3, 0.4) is 0 Å². The number of fused-ring (bicyclic) bond motifs is 1. The van der Waals surface area contributed by atoms with E-state index in [4.69, 9.17) is 0 Å². The van der Waals surface area contributed by atoms with Crippen LogP contribution in [0.1, 0.15) is 18.4 Å². The summed E-state index contributed by atoms with van der Waals surface area (Å²) >= 11 is 0. The third-order valence-corrected chi connectivity index (χ3v) is 4.46. The molecule has 0 aliphatic heterocycles. The van der Waals surface area contributed by atoms with Crippen LogP contribution in [-0.2, 0) is 6.42 Å². The highest BCUT2D eigenvalue weighted by Gasteiger charge is 2.41. The smallest absolute Gasteiger partial charge is 0.00201 e. The first-order chi connectivity index (χ1) is 9.83. The Morgan fingerprint density at radius 1 is 1.00 bits per heavy atom. The number of benzene rings is 2. The molecule has 2 aromatic carbocycles. The van der Waals surface area contributed by atoms with E-state index < -0.39 is 0 Å². The SMILES string of the molecule is CNCC1(CNCCc2cccc3ccccc23)CC1. The molecule has 2 N–H and O–H groups in total. The van der Waals surface area contributed by atoms with E-state index in [2.05, 4.69) is 60.1 Å². The van der Waals surface area contributed by atoms with Gasteiger partial charge in [0.2, 0.25) is 0 Å². The van der Waals surface area contributed by atoms with Crippen LogP contribution < -0.4 is 10.6 Å². The molecule has 1 aliphatic carbocycles. The molecule has 1 saturated carbocycles. The molecule has 0 saturated heterocycles. The Morgan fingerprint density at radius 3 is 2.60 bits per heavy atom. The van der Waals surface area contributed by atoms with E-state index in [1.54, 1.807) is 0 Å². The molecule has 0 bridgehead atoms. The molecule has 106 valence electrons. The van der Waals surface area contributed by atoms with Crippen molar-refractivity contribution in [3.63, 3.8) is 0 Å². The molecule has 0 atom stereocenters. The quantitative estimate of drug-likeness (QED) is 0.754. The van der Waals surface area contributed by atoms with Crippen LogP contribution in [0.4, 0.5) is 0 Å². The number of hydrogen-bond donors (Lipinski definition) is 2. The van der Waals surface area contributed by atoms with Gasteiger partial charge in [-0.2, -0.15) is 0 Å². The minimum absolute atomic E-state index is 0.549. The maximum absolute atomic E-state index is 3.65. The van der Waals surface area contributed by atoms with Crippen molar-refractivity contribution in [2.45, 2.75) is 19.3 Å². The fourth-order valence-electron chi connectivity index (χ4n) is 3.05. The largest absolute Gasteiger partial charge is 0.319 e. The first kappa shape index (κ1) is 13.6. The second-order valence-corrected chi connectivity index (χ2v) is 6.10. The van der Waals surface area contributed by atoms with Gasteiger partial charge in [0.1, 0.15) is 0 Å². The van der Waals surface area contributed by atoms with Crippen molar-refractivity contribution in [1.29, 1.82) is 0 Å². The number of nitrogens with one attached hydrogen (secondary N) is 2. The third-order valence-electron chi connectivity index (χ3n) is 4.46. The Kier molecular flexibility index (Phi) is 4.04. The highest BCUT2D eigenvalue weighted by atomic mass is 14.9. The van der Waals surface area contributed by atoms with Gasteiger partial charge >= 0.3 is 0 Å². The lowest BCUT2D eigenvalue weighted by Crippen LogP contribution is -2.32. The van der Waals surface area contributed by atoms with Crippen molar-refractivity contribution >= 4 is 10.8 Å². The van der Waals surface area contributed by atoms with Crippen LogP contribution in [0.2, 0.25) is 0 Å². The van der Waals surface area contributed by atoms with E-state index in [-0.39, 0.29) is 0 Å². The Labute approximate surface area is 121 Å². The average Bonchev–Trinajstić information content (AvgIpc) is 3.24. The predicted octanol–water partition coefficient (Wildman–Crippen LogP) is 2.97. The number of hydrogen-bond acceptors (Lipinski definition) is 2. The van der Waals surface area contributed by atoms with E-state index in [9.17, 15) is 0 Å². The molecule has 1 aliphatic rings. The molecule has 0 radical (unpaired) electrons. The van der Waals surface area contributed by atoms with Crippen molar-refractivity contribution in [2.24, 2.45) is 5.41 Å². The maximum atomic E-state index is 3.65. The molecule has 2 aromatic rings. The molecule has 1 fully saturated rings. The number of rotatable bonds is 7. The van der Waals surface area contributed by atoms with Crippen LogP contribution in [0.25, 0.3) is 10.8 Å². The van der Waals surface area contributed by atoms with Crippen molar-refractivity contribution in [3.8, 4) is 0 Å². The van der Waals surface area contributed by atoms with Gasteiger partial charge in [-0.15, -0.1) is 0 Å². The first-order valence-electron chi connectivity index (χ1n) is 7.65. The summed E-state index contributed by atoms with van der Waals surface area (Å²) in [5, 5.41) is 9.70. The molecule has 2 heteroatoms. The zero-order valence-electron chi connectivity index (χ0n) is 12.3. The summed E-state index contributed by atoms with van der Waals surface area (Å²) < 4.78 is 0. The van der Waals surface area contributed by atoms with Crippen LogP contribution >= 0.6 is 0 Å². The van der Waals surface area contributed by atoms with Gasteiger partial charge < -0.3 is 10.6 Å². The Balaban J connectivity index is 1.55. The maximum Gasteiger partial charge on any atom is 0.00201 e. The highest BCUT2D eigenvalue weighted by molar-refractivity contribution is 5.85. The van der Waals surface area contributed by atoms with Crippen LogP contribution in [0.15, 0.2) is 42.5 Å². The zero-order valence-corrected chi connectivity index (χ0v) is 12.3. The van der Waals surface area contributed by atoms with Gasteiger partial charge in [0.05, 0.1) is 0 Å². The third kappa shape index (κ3) is 3.02. The minimum Gasteiger partial charge on any atom is -0.319 e. The average molecular weight is 268 g/mol. The molecular formula is C18H24N2. The van der Waals surface area contributed by atoms with Gasteiger partial charge in [-0.3, -0.25) is 0 Å². The van der Waals surface area contributed by atoms with E-state index in [1.807, 2.05) is 0 Å². The minimum atomic E-state index is 0.549. The van der Waals surface area contributed by atoms with Gasteiger partial charge in [-0.1, -0.05) is 42.5 Å². The van der Waals surface area contributed by atoms with Crippen molar-refractivity contribution in [3.05, 3.63) is 48.0 Å². The monoisotopic (exact) mass is 268 g/mol. The zero-order chi connectivity index (χ0) is 13.8. The van der Waals surface area contributed by atoms with Crippen molar-refractivity contribution in [1.82, 2.24) is 10.6 Å². The summed E-state index contributed by atoms with van der Waals surface area (Å²) in [4.78, 5) is 0. The molecular weight excluding hydrogens is 244 g/mol. The van der Waals surface area contributed by atoms with Crippen molar-refractivity contribution in [2.75, 3.05) is 26.7 Å². The molecule has 3 rings (SSSR count). The van der Waals surface area contributed by atoms with Crippen LogP contribution in [-0.4, -0.2) is 26.7 Å². The molecule has 0 amide bonds. The predicted molar refractivity (Wildman–Crippen MR) is 86.1 cm³/mol. The molecule has 2 nitrogen and oxygen atoms in total. The second kappa shape index (κ2) is 5.94. The second-order valence-electron chi connectivity index (χ2n) is 6.10. The van der Waals surface area contributed by atoms with E-state index in [1.165, 1.54) is 29.2 Å². The summed E-state index contributed by atoms with van der Waals surface area (Å²) in [5.74, 6) is 0. The van der Waals surface area contributed by atoms with Crippen LogP contribution in [0, 0.1) is 5.41 Å². The normalized spacial score (nSPS) is 16.4. The Hall–Kier alpha value is -1.38. The standard InChI is InChI=1S/C18H24N2/c1-19-13-18(10-11-18)14-20-12-9-16-7-4-6-15-5-2-3-8-17(15)16/h2-8,19-20H,9-14H2,1H3. The highest BCUT2D eigenvalue weighted by Crippen LogP contribution is 2.44. The summed E-state index contributed by atoms with van der Waals surface area (Å²) in [7, 11) is 2.05. The van der Waals surface area contributed by atoms with Gasteiger partial charge in [0.25, 0.3) is 0 Å². The lowest BCUT2D eigenvalue weighted by atomic mass is 10.0. The fourth-order valence-corrected chi connectivity index (χ4v) is 3.05. The fraction of sp³-hybridized carbons (Fsp3) is 0.444. The summed E-state index contributed by atoms with van der Waals surface area (Å²) in [6.07, 6.45) is 3.85. The van der Waals surface area contributed by atoms with Gasteiger partial charge in [-0.25, -0.2) is 0 Å². The topological polar surface area (TPSA) is 24.1 Å². The summed E-state index contributed by atoms with van der Waals surface area (Å²) in [6.45, 7) is 3.37. The molecule has 0 spiro atoms. The van der Waals surface area contributed by atoms with E-state index in [0.29, 0.717) is 5.41 Å². The molecule has 0 heterocycles. The molecule has 20 heavy (non-hydrogen) atoms. The summed E-state index contributed by atoms with van der Waals surface area (Å²) in [5.41, 5.74) is 2.00. The van der Waals surface area contributed by atoms with E-state index >= 15 is 0 Å². The Bertz CT molecular complexity index is 567. The lowest BCUT2D eigenvalue weighted by molar-refractivity contribution is 0.441. The Morgan fingerprint density at radius 2 is 1.80 bits per heavy atom. The van der Waals surface area contributed by atoms with Gasteiger partial charge in [-0.05, 0) is 54.6 Å². The molecule has 0 aromatic heterocycles. The van der Waals surface area contributed by atoms with Crippen LogP contribution in [0.5, 0.6) is 0 Å². The first-order valence-corrected chi connectivity index (χ1v) is 7.65. The van der Waals surface area contributed by atoms with Crippen molar-refractivity contribution < 1.29 is 0 Å². The van der Waals surface area contributed by atoms with Gasteiger partial charge in [0.15, 0.2) is 0 Å².